The van der Waals surface area contributed by atoms with Crippen LogP contribution in [0.1, 0.15) is 40.1 Å². The number of hydrogen-bond donors (Lipinski definition) is 0. The highest BCUT2D eigenvalue weighted by atomic mass is 16.5. The van der Waals surface area contributed by atoms with Gasteiger partial charge in [-0.2, -0.15) is 0 Å². The normalized spacial score (nSPS) is 8.53. The van der Waals surface area contributed by atoms with E-state index < -0.39 is 5.97 Å². The van der Waals surface area contributed by atoms with Crippen molar-refractivity contribution in [2.75, 3.05) is 7.11 Å². The number of esters is 1. The van der Waals surface area contributed by atoms with Crippen molar-refractivity contribution in [3.05, 3.63) is 34.9 Å². The Hall–Kier alpha value is -1.64. The Labute approximate surface area is 90.1 Å². The van der Waals surface area contributed by atoms with Gasteiger partial charge >= 0.3 is 5.97 Å². The Morgan fingerprint density at radius 2 is 1.93 bits per heavy atom. The zero-order chi connectivity index (χ0) is 11.8. The molecule has 15 heavy (non-hydrogen) atoms. The number of ether oxygens (including phenoxy) is 1. The van der Waals surface area contributed by atoms with Crippen LogP contribution in [0.4, 0.5) is 0 Å². The smallest absolute Gasteiger partial charge is 0.338 e. The largest absolute Gasteiger partial charge is 0.465 e. The standard InChI is InChI=1S/C10H10O3.C2H6/c1-7-3-4-8(6-11)5-9(7)10(12)13-2;1-2/h3-6H,1-2H3;1-2H3. The Bertz CT molecular complexity index is 343. The van der Waals surface area contributed by atoms with Crippen molar-refractivity contribution in [1.82, 2.24) is 0 Å². The van der Waals surface area contributed by atoms with Crippen LogP contribution < -0.4 is 0 Å². The molecule has 0 amide bonds. The first-order chi connectivity index (χ1) is 7.19. The second-order valence-corrected chi connectivity index (χ2v) is 2.68. The molecular formula is C12H16O3. The van der Waals surface area contributed by atoms with Gasteiger partial charge in [0.1, 0.15) is 6.29 Å². The number of carbonyl (C=O) groups is 2. The monoisotopic (exact) mass is 208 g/mol. The van der Waals surface area contributed by atoms with Crippen molar-refractivity contribution in [2.24, 2.45) is 0 Å². The molecule has 0 atom stereocenters. The Kier molecular flexibility index (Phi) is 6.02. The topological polar surface area (TPSA) is 43.4 Å². The molecular weight excluding hydrogens is 192 g/mol. The van der Waals surface area contributed by atoms with Gasteiger partial charge in [0.2, 0.25) is 0 Å². The number of rotatable bonds is 2. The van der Waals surface area contributed by atoms with E-state index in [-0.39, 0.29) is 0 Å². The molecule has 3 nitrogen and oxygen atoms in total. The Morgan fingerprint density at radius 1 is 1.33 bits per heavy atom. The van der Waals surface area contributed by atoms with E-state index in [4.69, 9.17) is 0 Å². The van der Waals surface area contributed by atoms with E-state index in [0.717, 1.165) is 5.56 Å². The molecule has 0 bridgehead atoms. The molecule has 1 aromatic carbocycles. The summed E-state index contributed by atoms with van der Waals surface area (Å²) in [6.07, 6.45) is 0.700. The van der Waals surface area contributed by atoms with Crippen LogP contribution in [0.2, 0.25) is 0 Å². The summed E-state index contributed by atoms with van der Waals surface area (Å²) >= 11 is 0. The lowest BCUT2D eigenvalue weighted by Gasteiger charge is -2.03. The van der Waals surface area contributed by atoms with Crippen LogP contribution in [0, 0.1) is 6.92 Å². The molecule has 0 aliphatic heterocycles. The van der Waals surface area contributed by atoms with Gasteiger partial charge in [0, 0.05) is 5.56 Å². The summed E-state index contributed by atoms with van der Waals surface area (Å²) in [5, 5.41) is 0. The lowest BCUT2D eigenvalue weighted by atomic mass is 10.1. The fraction of sp³-hybridized carbons (Fsp3) is 0.333. The lowest BCUT2D eigenvalue weighted by molar-refractivity contribution is 0.0600. The van der Waals surface area contributed by atoms with E-state index in [2.05, 4.69) is 4.74 Å². The summed E-state index contributed by atoms with van der Waals surface area (Å²) in [6, 6.07) is 4.90. The molecule has 0 heterocycles. The van der Waals surface area contributed by atoms with Crippen molar-refractivity contribution < 1.29 is 14.3 Å². The predicted molar refractivity (Wildman–Crippen MR) is 59.3 cm³/mol. The molecule has 0 aliphatic rings. The summed E-state index contributed by atoms with van der Waals surface area (Å²) in [7, 11) is 1.31. The van der Waals surface area contributed by atoms with Crippen LogP contribution in [0.15, 0.2) is 18.2 Å². The highest BCUT2D eigenvalue weighted by Gasteiger charge is 2.08. The molecule has 3 heteroatoms. The Morgan fingerprint density at radius 3 is 2.40 bits per heavy atom. The molecule has 0 spiro atoms. The molecule has 0 aliphatic carbocycles. The van der Waals surface area contributed by atoms with Gasteiger partial charge < -0.3 is 4.74 Å². The molecule has 0 aromatic heterocycles. The number of aldehydes is 1. The molecule has 1 aromatic rings. The number of methoxy groups -OCH3 is 1. The maximum atomic E-state index is 11.2. The minimum absolute atomic E-state index is 0.416. The number of benzene rings is 1. The van der Waals surface area contributed by atoms with Gasteiger partial charge in [-0.15, -0.1) is 0 Å². The molecule has 0 unspecified atom stereocenters. The van der Waals surface area contributed by atoms with Crippen LogP contribution in [-0.4, -0.2) is 19.4 Å². The van der Waals surface area contributed by atoms with Gasteiger partial charge in [-0.05, 0) is 18.6 Å². The van der Waals surface area contributed by atoms with Crippen molar-refractivity contribution in [3.8, 4) is 0 Å². The van der Waals surface area contributed by atoms with Gasteiger partial charge in [0.15, 0.2) is 0 Å². The SMILES string of the molecule is CC.COC(=O)c1cc(C=O)ccc1C. The zero-order valence-electron chi connectivity index (χ0n) is 9.53. The van der Waals surface area contributed by atoms with Crippen molar-refractivity contribution in [2.45, 2.75) is 20.8 Å². The van der Waals surface area contributed by atoms with Crippen LogP contribution in [-0.2, 0) is 4.74 Å². The third-order valence-corrected chi connectivity index (χ3v) is 1.80. The molecule has 0 saturated carbocycles. The lowest BCUT2D eigenvalue weighted by Crippen LogP contribution is -2.04. The van der Waals surface area contributed by atoms with E-state index in [1.54, 1.807) is 19.1 Å². The second-order valence-electron chi connectivity index (χ2n) is 2.68. The fourth-order valence-corrected chi connectivity index (χ4v) is 1.04. The quantitative estimate of drug-likeness (QED) is 0.554. The van der Waals surface area contributed by atoms with Crippen LogP contribution in [0.3, 0.4) is 0 Å². The van der Waals surface area contributed by atoms with E-state index in [1.165, 1.54) is 13.2 Å². The summed E-state index contributed by atoms with van der Waals surface area (Å²) in [5.41, 5.74) is 1.72. The van der Waals surface area contributed by atoms with E-state index >= 15 is 0 Å². The molecule has 0 N–H and O–H groups in total. The second kappa shape index (κ2) is 6.76. The molecule has 1 rings (SSSR count). The molecule has 0 saturated heterocycles. The van der Waals surface area contributed by atoms with Crippen molar-refractivity contribution >= 4 is 12.3 Å². The van der Waals surface area contributed by atoms with Crippen LogP contribution in [0.25, 0.3) is 0 Å². The summed E-state index contributed by atoms with van der Waals surface area (Å²) < 4.78 is 4.56. The van der Waals surface area contributed by atoms with Gasteiger partial charge in [0.05, 0.1) is 12.7 Å². The summed E-state index contributed by atoms with van der Waals surface area (Å²) in [6.45, 7) is 5.79. The minimum atomic E-state index is -0.416. The third-order valence-electron chi connectivity index (χ3n) is 1.80. The maximum Gasteiger partial charge on any atom is 0.338 e. The highest BCUT2D eigenvalue weighted by Crippen LogP contribution is 2.10. The zero-order valence-corrected chi connectivity index (χ0v) is 9.53. The average Bonchev–Trinajstić information content (AvgIpc) is 2.31. The highest BCUT2D eigenvalue weighted by molar-refractivity contribution is 5.93. The first-order valence-corrected chi connectivity index (χ1v) is 4.83. The Balaban J connectivity index is 0.000000921. The number of aryl methyl sites for hydroxylation is 1. The number of carbonyl (C=O) groups excluding carboxylic acids is 2. The molecule has 82 valence electrons. The average molecular weight is 208 g/mol. The van der Waals surface area contributed by atoms with E-state index in [0.29, 0.717) is 17.4 Å². The summed E-state index contributed by atoms with van der Waals surface area (Å²) in [5.74, 6) is -0.416. The number of hydrogen-bond acceptors (Lipinski definition) is 3. The molecule has 0 fully saturated rings. The van der Waals surface area contributed by atoms with Crippen LogP contribution in [0.5, 0.6) is 0 Å². The minimum Gasteiger partial charge on any atom is -0.465 e. The van der Waals surface area contributed by atoms with Crippen LogP contribution >= 0.6 is 0 Å². The molecule has 0 radical (unpaired) electrons. The van der Waals surface area contributed by atoms with Crippen molar-refractivity contribution in [3.63, 3.8) is 0 Å². The first-order valence-electron chi connectivity index (χ1n) is 4.83. The summed E-state index contributed by atoms with van der Waals surface area (Å²) in [4.78, 5) is 21.6. The fourth-order valence-electron chi connectivity index (χ4n) is 1.04. The van der Waals surface area contributed by atoms with Gasteiger partial charge in [-0.1, -0.05) is 26.0 Å². The van der Waals surface area contributed by atoms with Gasteiger partial charge in [-0.25, -0.2) is 4.79 Å². The predicted octanol–water partition coefficient (Wildman–Crippen LogP) is 2.62. The maximum absolute atomic E-state index is 11.2. The van der Waals surface area contributed by atoms with Crippen molar-refractivity contribution in [1.29, 1.82) is 0 Å². The van der Waals surface area contributed by atoms with Gasteiger partial charge in [0.25, 0.3) is 0 Å². The van der Waals surface area contributed by atoms with E-state index in [9.17, 15) is 9.59 Å². The van der Waals surface area contributed by atoms with Gasteiger partial charge in [-0.3, -0.25) is 4.79 Å². The first kappa shape index (κ1) is 13.4. The third kappa shape index (κ3) is 3.54. The van der Waals surface area contributed by atoms with E-state index in [1.807, 2.05) is 13.8 Å².